The number of anilines is 2. The van der Waals surface area contributed by atoms with Gasteiger partial charge in [-0.3, -0.25) is 4.90 Å². The number of piperazine rings is 1. The van der Waals surface area contributed by atoms with Gasteiger partial charge in [0.2, 0.25) is 0 Å². The second-order valence-corrected chi connectivity index (χ2v) is 10.7. The molecule has 1 saturated carbocycles. The van der Waals surface area contributed by atoms with Gasteiger partial charge in [0.25, 0.3) is 0 Å². The number of rotatable bonds is 8. The Morgan fingerprint density at radius 2 is 1.76 bits per heavy atom. The summed E-state index contributed by atoms with van der Waals surface area (Å²) >= 11 is 1.57. The third kappa shape index (κ3) is 6.10. The van der Waals surface area contributed by atoms with Crippen LogP contribution in [0, 0.1) is 0 Å². The highest BCUT2D eigenvalue weighted by atomic mass is 32.1. The first-order chi connectivity index (χ1) is 18.1. The Labute approximate surface area is 223 Å². The molecule has 1 aliphatic heterocycles. The zero-order valence-electron chi connectivity index (χ0n) is 21.8. The number of nitrogens with zero attached hydrogens (tertiary/aromatic N) is 3. The number of urea groups is 1. The molecule has 9 heteroatoms. The van der Waals surface area contributed by atoms with E-state index in [1.165, 1.54) is 29.3 Å². The second-order valence-electron chi connectivity index (χ2n) is 9.88. The Bertz CT molecular complexity index is 1200. The number of methoxy groups -OCH3 is 2. The van der Waals surface area contributed by atoms with Gasteiger partial charge in [0.15, 0.2) is 11.5 Å². The number of benzene rings is 2. The van der Waals surface area contributed by atoms with Crippen molar-refractivity contribution in [2.45, 2.75) is 44.6 Å². The van der Waals surface area contributed by atoms with Crippen LogP contribution in [0.1, 0.15) is 37.7 Å². The fourth-order valence-electron chi connectivity index (χ4n) is 5.40. The molecule has 1 aromatic heterocycles. The summed E-state index contributed by atoms with van der Waals surface area (Å²) in [6.07, 6.45) is 6.52. The number of carbonyl (C=O) groups is 1. The molecule has 2 aliphatic rings. The minimum atomic E-state index is -0.149. The molecule has 2 aromatic carbocycles. The smallest absolute Gasteiger partial charge is 0.319 e. The van der Waals surface area contributed by atoms with E-state index in [1.807, 2.05) is 12.1 Å². The number of hydrogen-bond acceptors (Lipinski definition) is 7. The lowest BCUT2D eigenvalue weighted by Crippen LogP contribution is -2.47. The van der Waals surface area contributed by atoms with E-state index < -0.39 is 0 Å². The van der Waals surface area contributed by atoms with Gasteiger partial charge in [0, 0.05) is 55.9 Å². The fourth-order valence-corrected chi connectivity index (χ4v) is 6.19. The third-order valence-electron chi connectivity index (χ3n) is 7.53. The molecule has 2 N–H and O–H groups in total. The summed E-state index contributed by atoms with van der Waals surface area (Å²) in [6.45, 7) is 4.76. The van der Waals surface area contributed by atoms with Crippen molar-refractivity contribution in [3.8, 4) is 11.5 Å². The van der Waals surface area contributed by atoms with Crippen LogP contribution in [-0.2, 0) is 6.42 Å². The largest absolute Gasteiger partial charge is 0.493 e. The number of nitrogens with one attached hydrogen (secondary N) is 2. The third-order valence-corrected chi connectivity index (χ3v) is 8.34. The maximum atomic E-state index is 12.8. The van der Waals surface area contributed by atoms with Crippen LogP contribution < -0.4 is 25.0 Å². The number of aromatic nitrogens is 1. The van der Waals surface area contributed by atoms with Crippen LogP contribution in [0.3, 0.4) is 0 Å². The van der Waals surface area contributed by atoms with Gasteiger partial charge in [0.05, 0.1) is 18.9 Å². The van der Waals surface area contributed by atoms with Crippen molar-refractivity contribution in [1.29, 1.82) is 0 Å². The molecular formula is C28H37N5O3S. The summed E-state index contributed by atoms with van der Waals surface area (Å²) in [5, 5.41) is 7.49. The first-order valence-corrected chi connectivity index (χ1v) is 14.1. The van der Waals surface area contributed by atoms with E-state index >= 15 is 0 Å². The van der Waals surface area contributed by atoms with Crippen LogP contribution in [0.5, 0.6) is 11.5 Å². The Hall–Kier alpha value is -3.04. The van der Waals surface area contributed by atoms with Crippen LogP contribution in [0.25, 0.3) is 10.1 Å². The predicted octanol–water partition coefficient (Wildman–Crippen LogP) is 5.13. The van der Waals surface area contributed by atoms with E-state index in [1.54, 1.807) is 25.8 Å². The van der Waals surface area contributed by atoms with E-state index in [-0.39, 0.29) is 12.1 Å². The molecule has 198 valence electrons. The highest BCUT2D eigenvalue weighted by molar-refractivity contribution is 7.13. The molecule has 0 unspecified atom stereocenters. The highest BCUT2D eigenvalue weighted by Gasteiger charge is 2.22. The van der Waals surface area contributed by atoms with Gasteiger partial charge in [-0.25, -0.2) is 4.79 Å². The normalized spacial score (nSPS) is 17.1. The van der Waals surface area contributed by atoms with Crippen molar-refractivity contribution < 1.29 is 14.3 Å². The maximum absolute atomic E-state index is 12.8. The lowest BCUT2D eigenvalue weighted by atomic mass is 9.96. The molecule has 0 atom stereocenters. The van der Waals surface area contributed by atoms with Gasteiger partial charge in [0.1, 0.15) is 5.82 Å². The van der Waals surface area contributed by atoms with Gasteiger partial charge in [-0.2, -0.15) is 4.37 Å². The quantitative estimate of drug-likeness (QED) is 0.426. The van der Waals surface area contributed by atoms with Crippen molar-refractivity contribution in [1.82, 2.24) is 14.6 Å². The van der Waals surface area contributed by atoms with Gasteiger partial charge < -0.3 is 25.0 Å². The number of amides is 2. The fraction of sp³-hybridized carbons (Fsp3) is 0.500. The van der Waals surface area contributed by atoms with Gasteiger partial charge in [-0.15, -0.1) is 0 Å². The van der Waals surface area contributed by atoms with Crippen molar-refractivity contribution in [3.63, 3.8) is 0 Å². The van der Waals surface area contributed by atoms with E-state index in [9.17, 15) is 4.79 Å². The number of hydrogen-bond donors (Lipinski definition) is 2. The van der Waals surface area contributed by atoms with Crippen LogP contribution in [0.4, 0.5) is 16.3 Å². The zero-order chi connectivity index (χ0) is 25.6. The topological polar surface area (TPSA) is 79.0 Å². The molecule has 0 bridgehead atoms. The summed E-state index contributed by atoms with van der Waals surface area (Å²) in [7, 11) is 3.26. The van der Waals surface area contributed by atoms with Gasteiger partial charge >= 0.3 is 6.03 Å². The number of fused-ring (bicyclic) bond motifs is 1. The van der Waals surface area contributed by atoms with Crippen LogP contribution in [-0.4, -0.2) is 68.3 Å². The summed E-state index contributed by atoms with van der Waals surface area (Å²) in [6, 6.07) is 12.4. The van der Waals surface area contributed by atoms with Crippen LogP contribution >= 0.6 is 11.5 Å². The van der Waals surface area contributed by atoms with E-state index in [0.717, 1.165) is 69.1 Å². The number of ether oxygens (including phenoxy) is 2. The van der Waals surface area contributed by atoms with Crippen LogP contribution in [0.15, 0.2) is 36.4 Å². The molecule has 2 amide bonds. The van der Waals surface area contributed by atoms with E-state index in [2.05, 4.69) is 44.7 Å². The van der Waals surface area contributed by atoms with E-state index in [4.69, 9.17) is 13.8 Å². The minimum Gasteiger partial charge on any atom is -0.493 e. The molecular weight excluding hydrogens is 486 g/mol. The molecule has 0 radical (unpaired) electrons. The Morgan fingerprint density at radius 3 is 2.51 bits per heavy atom. The number of carbonyl (C=O) groups excluding carboxylic acids is 1. The lowest BCUT2D eigenvalue weighted by molar-refractivity contribution is 0.244. The van der Waals surface area contributed by atoms with Gasteiger partial charge in [-0.05, 0) is 54.6 Å². The second kappa shape index (κ2) is 12.0. The minimum absolute atomic E-state index is 0.149. The molecule has 8 nitrogen and oxygen atoms in total. The standard InChI is InChI=1S/C28H37N5O3S/c1-35-24-18-20(23(19-25(24)36-2)30-28(34)29-21-8-4-3-5-9-21)12-13-32-14-16-33(17-15-32)27-22-10-6-7-11-26(22)37-31-27/h6-7,10-11,18-19,21H,3-5,8-9,12-17H2,1-2H3,(H2,29,30,34). The summed E-state index contributed by atoms with van der Waals surface area (Å²) in [4.78, 5) is 17.7. The molecule has 1 aliphatic carbocycles. The lowest BCUT2D eigenvalue weighted by Gasteiger charge is -2.35. The molecule has 2 heterocycles. The highest BCUT2D eigenvalue weighted by Crippen LogP contribution is 2.34. The molecule has 1 saturated heterocycles. The molecule has 2 fully saturated rings. The average Bonchev–Trinajstić information content (AvgIpc) is 3.37. The van der Waals surface area contributed by atoms with Crippen molar-refractivity contribution in [3.05, 3.63) is 42.0 Å². The Balaban J connectivity index is 1.22. The maximum Gasteiger partial charge on any atom is 0.319 e. The van der Waals surface area contributed by atoms with Gasteiger partial charge in [-0.1, -0.05) is 31.4 Å². The summed E-state index contributed by atoms with van der Waals surface area (Å²) in [5.74, 6) is 2.40. The Morgan fingerprint density at radius 1 is 1.03 bits per heavy atom. The molecule has 5 rings (SSSR count). The van der Waals surface area contributed by atoms with Crippen molar-refractivity contribution >= 4 is 39.2 Å². The Kier molecular flexibility index (Phi) is 8.31. The summed E-state index contributed by atoms with van der Waals surface area (Å²) < 4.78 is 17.0. The van der Waals surface area contributed by atoms with Crippen LogP contribution in [0.2, 0.25) is 0 Å². The molecule has 0 spiro atoms. The SMILES string of the molecule is COc1cc(CCN2CCN(c3nsc4ccccc34)CC2)c(NC(=O)NC2CCCCC2)cc1OC. The average molecular weight is 524 g/mol. The molecule has 37 heavy (non-hydrogen) atoms. The van der Waals surface area contributed by atoms with Crippen molar-refractivity contribution in [2.75, 3.05) is 57.2 Å². The zero-order valence-corrected chi connectivity index (χ0v) is 22.6. The van der Waals surface area contributed by atoms with E-state index in [0.29, 0.717) is 11.5 Å². The first-order valence-electron chi connectivity index (χ1n) is 13.3. The first kappa shape index (κ1) is 25.6. The molecule has 3 aromatic rings. The van der Waals surface area contributed by atoms with Crippen molar-refractivity contribution in [2.24, 2.45) is 0 Å². The summed E-state index contributed by atoms with van der Waals surface area (Å²) in [5.41, 5.74) is 1.82. The monoisotopic (exact) mass is 523 g/mol. The predicted molar refractivity (Wildman–Crippen MR) is 151 cm³/mol.